The van der Waals surface area contributed by atoms with Crippen molar-refractivity contribution in [2.75, 3.05) is 18.2 Å². The zero-order valence-corrected chi connectivity index (χ0v) is 18.3. The molecule has 4 rings (SSSR count). The Bertz CT molecular complexity index is 959. The number of rotatable bonds is 5. The van der Waals surface area contributed by atoms with Crippen molar-refractivity contribution < 1.29 is 9.53 Å². The number of carbonyl (C=O) groups is 1. The van der Waals surface area contributed by atoms with Crippen molar-refractivity contribution in [1.29, 1.82) is 0 Å². The molecular weight excluding hydrogens is 394 g/mol. The van der Waals surface area contributed by atoms with Gasteiger partial charge in [0.25, 0.3) is 0 Å². The molecule has 1 amide bonds. The van der Waals surface area contributed by atoms with Crippen LogP contribution in [0.15, 0.2) is 58.5 Å². The first kappa shape index (κ1) is 20.7. The molecule has 1 fully saturated rings. The SMILES string of the molecule is COc1ccc(NC(=O)CSC2=NC3(CCCCC3)N=C2c2ccc(C)cc2)cc1. The summed E-state index contributed by atoms with van der Waals surface area (Å²) in [6.07, 6.45) is 5.54. The molecule has 2 aromatic rings. The molecule has 6 heteroatoms. The molecule has 30 heavy (non-hydrogen) atoms. The van der Waals surface area contributed by atoms with Crippen molar-refractivity contribution >= 4 is 34.1 Å². The monoisotopic (exact) mass is 421 g/mol. The van der Waals surface area contributed by atoms with Crippen LogP contribution < -0.4 is 10.1 Å². The predicted octanol–water partition coefficient (Wildman–Crippen LogP) is 5.24. The van der Waals surface area contributed by atoms with Crippen molar-refractivity contribution in [3.8, 4) is 5.75 Å². The number of methoxy groups -OCH3 is 1. The lowest BCUT2D eigenvalue weighted by Crippen LogP contribution is -2.25. The van der Waals surface area contributed by atoms with Crippen LogP contribution in [0.4, 0.5) is 5.69 Å². The fourth-order valence-corrected chi connectivity index (χ4v) is 4.74. The minimum Gasteiger partial charge on any atom is -0.497 e. The Kier molecular flexibility index (Phi) is 6.23. The van der Waals surface area contributed by atoms with E-state index in [4.69, 9.17) is 14.7 Å². The summed E-state index contributed by atoms with van der Waals surface area (Å²) in [5, 5.41) is 3.82. The zero-order valence-electron chi connectivity index (χ0n) is 17.5. The summed E-state index contributed by atoms with van der Waals surface area (Å²) in [4.78, 5) is 22.6. The molecule has 0 radical (unpaired) electrons. The van der Waals surface area contributed by atoms with Gasteiger partial charge >= 0.3 is 0 Å². The van der Waals surface area contributed by atoms with Crippen LogP contribution in [-0.2, 0) is 4.79 Å². The van der Waals surface area contributed by atoms with E-state index in [2.05, 4.69) is 36.5 Å². The van der Waals surface area contributed by atoms with Crippen LogP contribution in [0, 0.1) is 6.92 Å². The third-order valence-electron chi connectivity index (χ3n) is 5.53. The van der Waals surface area contributed by atoms with Crippen LogP contribution in [0.5, 0.6) is 5.75 Å². The van der Waals surface area contributed by atoms with Crippen molar-refractivity contribution in [3.63, 3.8) is 0 Å². The fourth-order valence-electron chi connectivity index (χ4n) is 3.87. The second-order valence-corrected chi connectivity index (χ2v) is 8.82. The molecule has 2 aliphatic rings. The Labute approximate surface area is 182 Å². The minimum absolute atomic E-state index is 0.0549. The number of aryl methyl sites for hydroxylation is 1. The van der Waals surface area contributed by atoms with Crippen molar-refractivity contribution in [1.82, 2.24) is 0 Å². The lowest BCUT2D eigenvalue weighted by molar-refractivity contribution is -0.113. The number of hydrogen-bond acceptors (Lipinski definition) is 5. The number of ether oxygens (including phenoxy) is 1. The van der Waals surface area contributed by atoms with Gasteiger partial charge in [-0.25, -0.2) is 4.99 Å². The molecular formula is C24H27N3O2S. The largest absolute Gasteiger partial charge is 0.497 e. The van der Waals surface area contributed by atoms with Gasteiger partial charge in [-0.15, -0.1) is 0 Å². The molecule has 0 saturated heterocycles. The van der Waals surface area contributed by atoms with E-state index in [0.717, 1.165) is 53.4 Å². The summed E-state index contributed by atoms with van der Waals surface area (Å²) < 4.78 is 5.16. The Balaban J connectivity index is 1.47. The van der Waals surface area contributed by atoms with Gasteiger partial charge in [0.2, 0.25) is 5.91 Å². The number of thioether (sulfide) groups is 1. The molecule has 0 bridgehead atoms. The molecule has 5 nitrogen and oxygen atoms in total. The highest BCUT2D eigenvalue weighted by molar-refractivity contribution is 8.16. The van der Waals surface area contributed by atoms with Crippen LogP contribution >= 0.6 is 11.8 Å². The smallest absolute Gasteiger partial charge is 0.234 e. The molecule has 0 unspecified atom stereocenters. The molecule has 1 N–H and O–H groups in total. The van der Waals surface area contributed by atoms with Gasteiger partial charge in [0.15, 0.2) is 5.66 Å². The van der Waals surface area contributed by atoms with Gasteiger partial charge in [-0.05, 0) is 56.9 Å². The average molecular weight is 422 g/mol. The third kappa shape index (κ3) is 4.75. The Morgan fingerprint density at radius 1 is 1.03 bits per heavy atom. The van der Waals surface area contributed by atoms with Gasteiger partial charge in [0.1, 0.15) is 10.8 Å². The topological polar surface area (TPSA) is 63.0 Å². The van der Waals surface area contributed by atoms with E-state index in [9.17, 15) is 4.79 Å². The van der Waals surface area contributed by atoms with E-state index in [1.165, 1.54) is 23.7 Å². The molecule has 0 aromatic heterocycles. The van der Waals surface area contributed by atoms with E-state index in [1.54, 1.807) is 7.11 Å². The number of nitrogens with zero attached hydrogens (tertiary/aromatic N) is 2. The van der Waals surface area contributed by atoms with Crippen molar-refractivity contribution in [2.45, 2.75) is 44.7 Å². The number of benzene rings is 2. The van der Waals surface area contributed by atoms with Gasteiger partial charge in [-0.3, -0.25) is 9.79 Å². The lowest BCUT2D eigenvalue weighted by atomic mass is 9.90. The van der Waals surface area contributed by atoms with Gasteiger partial charge in [-0.1, -0.05) is 48.0 Å². The molecule has 1 aliphatic heterocycles. The van der Waals surface area contributed by atoms with Crippen LogP contribution in [0.25, 0.3) is 0 Å². The molecule has 1 heterocycles. The van der Waals surface area contributed by atoms with Gasteiger partial charge < -0.3 is 10.1 Å². The summed E-state index contributed by atoms with van der Waals surface area (Å²) in [7, 11) is 1.62. The molecule has 1 spiro atoms. The van der Waals surface area contributed by atoms with E-state index in [1.807, 2.05) is 24.3 Å². The highest BCUT2D eigenvalue weighted by Crippen LogP contribution is 2.38. The number of amides is 1. The lowest BCUT2D eigenvalue weighted by Gasteiger charge is -2.27. The fraction of sp³-hybridized carbons (Fsp3) is 0.375. The standard InChI is InChI=1S/C24H27N3O2S/c1-17-6-8-18(9-7-17)22-23(27-24(26-22)14-4-3-5-15-24)30-16-21(28)25-19-10-12-20(29-2)13-11-19/h6-13H,3-5,14-16H2,1-2H3,(H,25,28). The van der Waals surface area contributed by atoms with Gasteiger partial charge in [-0.2, -0.15) is 0 Å². The number of carbonyl (C=O) groups excluding carboxylic acids is 1. The number of nitrogens with one attached hydrogen (secondary N) is 1. The summed E-state index contributed by atoms with van der Waals surface area (Å²) in [5.41, 5.74) is 3.65. The van der Waals surface area contributed by atoms with Crippen LogP contribution in [0.1, 0.15) is 43.2 Å². The van der Waals surface area contributed by atoms with Crippen LogP contribution in [0.2, 0.25) is 0 Å². The summed E-state index contributed by atoms with van der Waals surface area (Å²) in [6.45, 7) is 2.08. The van der Waals surface area contributed by atoms with Gasteiger partial charge in [0, 0.05) is 11.3 Å². The van der Waals surface area contributed by atoms with Crippen LogP contribution in [0.3, 0.4) is 0 Å². The minimum atomic E-state index is -0.326. The highest BCUT2D eigenvalue weighted by Gasteiger charge is 2.37. The summed E-state index contributed by atoms with van der Waals surface area (Å²) in [5.74, 6) is 1.01. The van der Waals surface area contributed by atoms with Crippen molar-refractivity contribution in [3.05, 3.63) is 59.7 Å². The third-order valence-corrected chi connectivity index (χ3v) is 6.49. The normalized spacial score (nSPS) is 17.4. The first-order chi connectivity index (χ1) is 14.6. The number of aliphatic imine (C=N–C) groups is 2. The second kappa shape index (κ2) is 9.04. The first-order valence-corrected chi connectivity index (χ1v) is 11.4. The van der Waals surface area contributed by atoms with E-state index >= 15 is 0 Å². The summed E-state index contributed by atoms with van der Waals surface area (Å²) in [6, 6.07) is 15.7. The Hall–Kier alpha value is -2.60. The Morgan fingerprint density at radius 2 is 1.73 bits per heavy atom. The predicted molar refractivity (Wildman–Crippen MR) is 125 cm³/mol. The van der Waals surface area contributed by atoms with Crippen LogP contribution in [-0.4, -0.2) is 35.2 Å². The van der Waals surface area contributed by atoms with E-state index in [-0.39, 0.29) is 11.6 Å². The van der Waals surface area contributed by atoms with Gasteiger partial charge in [0.05, 0.1) is 18.6 Å². The van der Waals surface area contributed by atoms with E-state index in [0.29, 0.717) is 5.75 Å². The maximum atomic E-state index is 12.5. The highest BCUT2D eigenvalue weighted by atomic mass is 32.2. The average Bonchev–Trinajstić information content (AvgIpc) is 3.11. The molecule has 2 aromatic carbocycles. The zero-order chi connectivity index (χ0) is 21.0. The molecule has 1 aliphatic carbocycles. The maximum Gasteiger partial charge on any atom is 0.234 e. The number of anilines is 1. The molecule has 156 valence electrons. The number of hydrogen-bond donors (Lipinski definition) is 1. The van der Waals surface area contributed by atoms with E-state index < -0.39 is 0 Å². The first-order valence-electron chi connectivity index (χ1n) is 10.4. The molecule has 0 atom stereocenters. The Morgan fingerprint density at radius 3 is 2.40 bits per heavy atom. The quantitative estimate of drug-likeness (QED) is 0.718. The summed E-state index contributed by atoms with van der Waals surface area (Å²) >= 11 is 1.48. The van der Waals surface area contributed by atoms with Crippen molar-refractivity contribution in [2.24, 2.45) is 9.98 Å². The second-order valence-electron chi connectivity index (χ2n) is 7.85. The maximum absolute atomic E-state index is 12.5. The molecule has 1 saturated carbocycles.